The van der Waals surface area contributed by atoms with E-state index in [1.165, 1.54) is 12.0 Å². The van der Waals surface area contributed by atoms with Crippen LogP contribution in [0.15, 0.2) is 24.3 Å². The fraction of sp³-hybridized carbons (Fsp3) is 0.667. The van der Waals surface area contributed by atoms with E-state index in [9.17, 15) is 5.11 Å². The van der Waals surface area contributed by atoms with E-state index in [1.54, 1.807) is 0 Å². The zero-order chi connectivity index (χ0) is 16.0. The van der Waals surface area contributed by atoms with Crippen LogP contribution >= 0.6 is 0 Å². The Morgan fingerprint density at radius 3 is 2.05 bits per heavy atom. The van der Waals surface area contributed by atoms with Crippen LogP contribution < -0.4 is 5.46 Å². The Kier molecular flexibility index (Phi) is 4.13. The summed E-state index contributed by atoms with van der Waals surface area (Å²) in [6, 6.07) is 8.41. The average molecular weight is 302 g/mol. The first-order valence-corrected chi connectivity index (χ1v) is 8.44. The van der Waals surface area contributed by atoms with Crippen molar-refractivity contribution in [3.05, 3.63) is 29.8 Å². The number of aliphatic hydroxyl groups excluding tert-OH is 1. The molecule has 0 bridgehead atoms. The van der Waals surface area contributed by atoms with Crippen molar-refractivity contribution in [2.45, 2.75) is 76.6 Å². The lowest BCUT2D eigenvalue weighted by molar-refractivity contribution is 0.00578. The summed E-state index contributed by atoms with van der Waals surface area (Å²) in [5.74, 6) is 0.279. The van der Waals surface area contributed by atoms with Crippen LogP contribution in [-0.2, 0) is 9.31 Å². The predicted octanol–water partition coefficient (Wildman–Crippen LogP) is 3.00. The van der Waals surface area contributed by atoms with E-state index < -0.39 is 0 Å². The molecule has 1 aromatic carbocycles. The molecule has 0 spiro atoms. The molecule has 0 aromatic heterocycles. The van der Waals surface area contributed by atoms with E-state index in [-0.39, 0.29) is 30.3 Å². The summed E-state index contributed by atoms with van der Waals surface area (Å²) in [4.78, 5) is 0. The number of rotatable bonds is 2. The third-order valence-corrected chi connectivity index (χ3v) is 5.62. The van der Waals surface area contributed by atoms with Crippen molar-refractivity contribution in [3.8, 4) is 0 Å². The summed E-state index contributed by atoms with van der Waals surface area (Å²) >= 11 is 0. The minimum absolute atomic E-state index is 0.198. The largest absolute Gasteiger partial charge is 0.494 e. The molecule has 3 nitrogen and oxygen atoms in total. The maximum absolute atomic E-state index is 10.2. The van der Waals surface area contributed by atoms with Crippen LogP contribution in [0.3, 0.4) is 0 Å². The molecule has 3 rings (SSSR count). The summed E-state index contributed by atoms with van der Waals surface area (Å²) in [5, 5.41) is 10.2. The van der Waals surface area contributed by atoms with Crippen molar-refractivity contribution in [3.63, 3.8) is 0 Å². The smallest absolute Gasteiger partial charge is 0.399 e. The molecule has 2 fully saturated rings. The minimum atomic E-state index is -0.310. The van der Waals surface area contributed by atoms with E-state index in [4.69, 9.17) is 9.31 Å². The molecule has 1 aliphatic carbocycles. The van der Waals surface area contributed by atoms with Crippen LogP contribution in [0.1, 0.15) is 64.9 Å². The van der Waals surface area contributed by atoms with Crippen LogP contribution in [0.4, 0.5) is 0 Å². The van der Waals surface area contributed by atoms with Crippen LogP contribution in [0.2, 0.25) is 0 Å². The fourth-order valence-electron chi connectivity index (χ4n) is 3.38. The molecule has 1 saturated carbocycles. The van der Waals surface area contributed by atoms with Crippen molar-refractivity contribution in [1.29, 1.82) is 0 Å². The predicted molar refractivity (Wildman–Crippen MR) is 89.4 cm³/mol. The van der Waals surface area contributed by atoms with E-state index in [1.807, 2.05) is 0 Å². The van der Waals surface area contributed by atoms with Gasteiger partial charge in [0.1, 0.15) is 0 Å². The normalized spacial score (nSPS) is 30.5. The van der Waals surface area contributed by atoms with Crippen molar-refractivity contribution in [1.82, 2.24) is 0 Å². The lowest BCUT2D eigenvalue weighted by atomic mass is 9.76. The Balaban J connectivity index is 1.75. The molecule has 0 radical (unpaired) electrons. The minimum Gasteiger partial charge on any atom is -0.399 e. The quantitative estimate of drug-likeness (QED) is 0.854. The Hall–Kier alpha value is -0.835. The molecule has 1 aromatic rings. The van der Waals surface area contributed by atoms with Crippen molar-refractivity contribution in [2.75, 3.05) is 0 Å². The van der Waals surface area contributed by atoms with Crippen molar-refractivity contribution < 1.29 is 14.4 Å². The summed E-state index contributed by atoms with van der Waals surface area (Å²) in [6.45, 7) is 8.28. The molecule has 120 valence electrons. The van der Waals surface area contributed by atoms with Gasteiger partial charge < -0.3 is 14.4 Å². The van der Waals surface area contributed by atoms with Gasteiger partial charge >= 0.3 is 7.12 Å². The van der Waals surface area contributed by atoms with Gasteiger partial charge in [0.2, 0.25) is 0 Å². The highest BCUT2D eigenvalue weighted by molar-refractivity contribution is 6.62. The Bertz CT molecular complexity index is 508. The van der Waals surface area contributed by atoms with Gasteiger partial charge in [0.25, 0.3) is 0 Å². The molecule has 0 unspecified atom stereocenters. The topological polar surface area (TPSA) is 38.7 Å². The van der Waals surface area contributed by atoms with Gasteiger partial charge in [-0.2, -0.15) is 0 Å². The second-order valence-corrected chi connectivity index (χ2v) is 7.71. The highest BCUT2D eigenvalue weighted by Gasteiger charge is 2.51. The zero-order valence-electron chi connectivity index (χ0n) is 14.1. The van der Waals surface area contributed by atoms with Gasteiger partial charge in [-0.25, -0.2) is 0 Å². The first-order valence-electron chi connectivity index (χ1n) is 8.44. The molecule has 0 amide bonds. The fourth-order valence-corrected chi connectivity index (χ4v) is 3.38. The Labute approximate surface area is 134 Å². The molecule has 1 saturated heterocycles. The molecule has 1 N–H and O–H groups in total. The first-order chi connectivity index (χ1) is 10.3. The molecule has 2 atom stereocenters. The molecular weight excluding hydrogens is 275 g/mol. The highest BCUT2D eigenvalue weighted by atomic mass is 16.7. The highest BCUT2D eigenvalue weighted by Crippen LogP contribution is 2.37. The van der Waals surface area contributed by atoms with E-state index in [2.05, 4.69) is 52.0 Å². The number of benzene rings is 1. The van der Waals surface area contributed by atoms with E-state index >= 15 is 0 Å². The maximum Gasteiger partial charge on any atom is 0.494 e. The lowest BCUT2D eigenvalue weighted by Crippen LogP contribution is -2.41. The van der Waals surface area contributed by atoms with Gasteiger partial charge in [-0.3, -0.25) is 0 Å². The third kappa shape index (κ3) is 2.84. The van der Waals surface area contributed by atoms with Gasteiger partial charge in [-0.1, -0.05) is 37.1 Å². The molecule has 4 heteroatoms. The zero-order valence-corrected chi connectivity index (χ0v) is 14.1. The summed E-state index contributed by atoms with van der Waals surface area (Å²) < 4.78 is 12.2. The maximum atomic E-state index is 10.2. The molecule has 1 aliphatic heterocycles. The summed E-state index contributed by atoms with van der Waals surface area (Å²) in [6.07, 6.45) is 4.15. The van der Waals surface area contributed by atoms with E-state index in [0.717, 1.165) is 24.7 Å². The summed E-state index contributed by atoms with van der Waals surface area (Å²) in [7, 11) is -0.310. The lowest BCUT2D eigenvalue weighted by Gasteiger charge is -2.32. The second kappa shape index (κ2) is 5.66. The first kappa shape index (κ1) is 16.0. The van der Waals surface area contributed by atoms with E-state index in [0.29, 0.717) is 0 Å². The number of hydrogen-bond acceptors (Lipinski definition) is 3. The second-order valence-electron chi connectivity index (χ2n) is 7.71. The van der Waals surface area contributed by atoms with Gasteiger partial charge in [-0.15, -0.1) is 0 Å². The van der Waals surface area contributed by atoms with Gasteiger partial charge in [0.05, 0.1) is 17.3 Å². The molecular formula is C18H27BO3. The third-order valence-electron chi connectivity index (χ3n) is 5.62. The van der Waals surface area contributed by atoms with Crippen LogP contribution in [0.25, 0.3) is 0 Å². The van der Waals surface area contributed by atoms with Gasteiger partial charge in [0.15, 0.2) is 0 Å². The van der Waals surface area contributed by atoms with Gasteiger partial charge in [-0.05, 0) is 51.6 Å². The van der Waals surface area contributed by atoms with Crippen molar-refractivity contribution >= 4 is 12.6 Å². The number of aliphatic hydroxyl groups is 1. The monoisotopic (exact) mass is 302 g/mol. The van der Waals surface area contributed by atoms with Crippen LogP contribution in [0, 0.1) is 0 Å². The number of hydrogen-bond donors (Lipinski definition) is 1. The Morgan fingerprint density at radius 2 is 1.50 bits per heavy atom. The van der Waals surface area contributed by atoms with Gasteiger partial charge in [0, 0.05) is 5.92 Å². The Morgan fingerprint density at radius 1 is 0.955 bits per heavy atom. The molecule has 1 heterocycles. The SMILES string of the molecule is CC1(C)OB(c2ccc([C@@H]3CCCC[C@@H]3O)cc2)OC1(C)C. The molecule has 22 heavy (non-hydrogen) atoms. The summed E-state index contributed by atoms with van der Waals surface area (Å²) in [5.41, 5.74) is 1.66. The molecule has 2 aliphatic rings. The average Bonchev–Trinajstić information content (AvgIpc) is 2.68. The van der Waals surface area contributed by atoms with Crippen molar-refractivity contribution in [2.24, 2.45) is 0 Å². The van der Waals surface area contributed by atoms with Crippen LogP contribution in [-0.4, -0.2) is 29.5 Å². The standard InChI is InChI=1S/C18H27BO3/c1-17(2)18(3,4)22-19(21-17)14-11-9-13(10-12-14)15-7-5-6-8-16(15)20/h9-12,15-16,20H,5-8H2,1-4H3/t15-,16-/m0/s1. The van der Waals surface area contributed by atoms with Crippen LogP contribution in [0.5, 0.6) is 0 Å².